The van der Waals surface area contributed by atoms with E-state index in [0.29, 0.717) is 12.6 Å². The molecule has 0 aromatic rings. The fraction of sp³-hybridized carbons (Fsp3) is 0.938. The van der Waals surface area contributed by atoms with Gasteiger partial charge in [-0.2, -0.15) is 0 Å². The summed E-state index contributed by atoms with van der Waals surface area (Å²) in [6.45, 7) is 8.15. The van der Waals surface area contributed by atoms with Gasteiger partial charge in [-0.25, -0.2) is 0 Å². The highest BCUT2D eigenvalue weighted by Gasteiger charge is 2.34. The van der Waals surface area contributed by atoms with Gasteiger partial charge in [0.1, 0.15) is 0 Å². The van der Waals surface area contributed by atoms with Crippen molar-refractivity contribution in [1.82, 2.24) is 10.6 Å². The van der Waals surface area contributed by atoms with Crippen molar-refractivity contribution >= 4 is 5.96 Å². The van der Waals surface area contributed by atoms with Crippen LogP contribution < -0.4 is 10.6 Å². The normalized spacial score (nSPS) is 33.4. The summed E-state index contributed by atoms with van der Waals surface area (Å²) in [5, 5.41) is 17.0. The Balaban J connectivity index is 1.89. The predicted octanol–water partition coefficient (Wildman–Crippen LogP) is 2.28. The van der Waals surface area contributed by atoms with Gasteiger partial charge in [0, 0.05) is 12.6 Å². The highest BCUT2D eigenvalue weighted by atomic mass is 16.3. The molecular weight excluding hydrogens is 250 g/mol. The quantitative estimate of drug-likeness (QED) is 0.547. The number of guanidine groups is 1. The average molecular weight is 281 g/mol. The number of nitrogens with one attached hydrogen (secondary N) is 2. The Bertz CT molecular complexity index is 329. The molecule has 0 aliphatic heterocycles. The first-order chi connectivity index (χ1) is 9.50. The van der Waals surface area contributed by atoms with Gasteiger partial charge in [0.2, 0.25) is 0 Å². The third kappa shape index (κ3) is 4.37. The minimum absolute atomic E-state index is 0.516. The highest BCUT2D eigenvalue weighted by molar-refractivity contribution is 5.80. The third-order valence-electron chi connectivity index (χ3n) is 4.68. The number of nitrogens with zero attached hydrogens (tertiary/aromatic N) is 1. The molecule has 0 heterocycles. The van der Waals surface area contributed by atoms with Crippen molar-refractivity contribution in [3.8, 4) is 0 Å². The summed E-state index contributed by atoms with van der Waals surface area (Å²) in [4.78, 5) is 4.60. The lowest BCUT2D eigenvalue weighted by Gasteiger charge is -2.36. The lowest BCUT2D eigenvalue weighted by Crippen LogP contribution is -2.47. The molecule has 0 spiro atoms. The largest absolute Gasteiger partial charge is 0.388 e. The van der Waals surface area contributed by atoms with E-state index in [1.54, 1.807) is 0 Å². The van der Waals surface area contributed by atoms with E-state index in [2.05, 4.69) is 36.4 Å². The molecule has 0 bridgehead atoms. The van der Waals surface area contributed by atoms with Crippen LogP contribution in [0.4, 0.5) is 0 Å². The van der Waals surface area contributed by atoms with Crippen LogP contribution in [0.5, 0.6) is 0 Å². The molecule has 3 N–H and O–H groups in total. The van der Waals surface area contributed by atoms with Crippen LogP contribution in [0.2, 0.25) is 0 Å². The number of hydrogen-bond acceptors (Lipinski definition) is 2. The minimum atomic E-state index is -0.532. The zero-order valence-corrected chi connectivity index (χ0v) is 13.3. The second-order valence-corrected chi connectivity index (χ2v) is 7.03. The smallest absolute Gasteiger partial charge is 0.191 e. The lowest BCUT2D eigenvalue weighted by atomic mass is 9.80. The molecule has 0 radical (unpaired) electrons. The summed E-state index contributed by atoms with van der Waals surface area (Å²) in [5.41, 5.74) is -0.532. The van der Waals surface area contributed by atoms with Crippen molar-refractivity contribution in [1.29, 1.82) is 0 Å². The summed E-state index contributed by atoms with van der Waals surface area (Å²) in [7, 11) is 0. The molecule has 4 heteroatoms. The fourth-order valence-electron chi connectivity index (χ4n) is 3.55. The Morgan fingerprint density at radius 3 is 2.35 bits per heavy atom. The summed E-state index contributed by atoms with van der Waals surface area (Å²) < 4.78 is 0. The van der Waals surface area contributed by atoms with Gasteiger partial charge in [-0.1, -0.05) is 13.8 Å². The van der Waals surface area contributed by atoms with E-state index in [1.165, 1.54) is 19.3 Å². The van der Waals surface area contributed by atoms with Crippen molar-refractivity contribution in [2.75, 3.05) is 13.1 Å². The lowest BCUT2D eigenvalue weighted by molar-refractivity contribution is -0.0236. The molecule has 4 nitrogen and oxygen atoms in total. The number of aliphatic imine (C=N–C) groups is 1. The maximum atomic E-state index is 10.2. The molecule has 2 atom stereocenters. The maximum absolute atomic E-state index is 10.2. The van der Waals surface area contributed by atoms with E-state index in [1.807, 2.05) is 0 Å². The Morgan fingerprint density at radius 1 is 1.20 bits per heavy atom. The van der Waals surface area contributed by atoms with Crippen LogP contribution >= 0.6 is 0 Å². The predicted molar refractivity (Wildman–Crippen MR) is 83.9 cm³/mol. The molecule has 0 saturated heterocycles. The molecule has 2 unspecified atom stereocenters. The molecule has 0 aromatic carbocycles. The molecular formula is C16H31N3O. The molecule has 116 valence electrons. The summed E-state index contributed by atoms with van der Waals surface area (Å²) in [6.07, 6.45) is 6.71. The maximum Gasteiger partial charge on any atom is 0.191 e. The molecule has 2 saturated carbocycles. The summed E-state index contributed by atoms with van der Waals surface area (Å²) in [5.74, 6) is 2.45. The third-order valence-corrected chi connectivity index (χ3v) is 4.68. The topological polar surface area (TPSA) is 56.7 Å². The van der Waals surface area contributed by atoms with Crippen molar-refractivity contribution in [3.05, 3.63) is 0 Å². The first kappa shape index (κ1) is 15.6. The van der Waals surface area contributed by atoms with Crippen LogP contribution in [0.3, 0.4) is 0 Å². The van der Waals surface area contributed by atoms with Crippen LogP contribution in [0, 0.1) is 11.8 Å². The molecule has 0 aromatic heterocycles. The van der Waals surface area contributed by atoms with Gasteiger partial charge in [-0.15, -0.1) is 0 Å². The van der Waals surface area contributed by atoms with Crippen LogP contribution in [0.1, 0.15) is 59.3 Å². The molecule has 20 heavy (non-hydrogen) atoms. The van der Waals surface area contributed by atoms with Crippen LogP contribution in [0.15, 0.2) is 4.99 Å². The van der Waals surface area contributed by atoms with Gasteiger partial charge in [0.25, 0.3) is 0 Å². The molecule has 2 aliphatic carbocycles. The van der Waals surface area contributed by atoms with Crippen molar-refractivity contribution in [3.63, 3.8) is 0 Å². The number of hydrogen-bond donors (Lipinski definition) is 3. The van der Waals surface area contributed by atoms with E-state index < -0.39 is 5.60 Å². The highest BCUT2D eigenvalue weighted by Crippen LogP contribution is 2.31. The van der Waals surface area contributed by atoms with Crippen LogP contribution in [-0.4, -0.2) is 35.8 Å². The second-order valence-electron chi connectivity index (χ2n) is 7.03. The van der Waals surface area contributed by atoms with Gasteiger partial charge < -0.3 is 15.7 Å². The van der Waals surface area contributed by atoms with Crippen LogP contribution in [0.25, 0.3) is 0 Å². The van der Waals surface area contributed by atoms with Gasteiger partial charge in [0.15, 0.2) is 5.96 Å². The Labute approximate surface area is 123 Å². The molecule has 2 aliphatic rings. The van der Waals surface area contributed by atoms with E-state index in [0.717, 1.165) is 43.6 Å². The molecule has 0 amide bonds. The monoisotopic (exact) mass is 281 g/mol. The van der Waals surface area contributed by atoms with E-state index in [4.69, 9.17) is 0 Å². The second kappa shape index (κ2) is 6.79. The number of rotatable bonds is 4. The fourth-order valence-corrected chi connectivity index (χ4v) is 3.55. The average Bonchev–Trinajstić information content (AvgIpc) is 2.32. The minimum Gasteiger partial charge on any atom is -0.388 e. The van der Waals surface area contributed by atoms with Crippen molar-refractivity contribution in [2.45, 2.75) is 70.9 Å². The first-order valence-electron chi connectivity index (χ1n) is 8.28. The van der Waals surface area contributed by atoms with E-state index in [9.17, 15) is 5.11 Å². The van der Waals surface area contributed by atoms with Crippen LogP contribution in [-0.2, 0) is 0 Å². The summed E-state index contributed by atoms with van der Waals surface area (Å²) in [6, 6.07) is 0.516. The first-order valence-corrected chi connectivity index (χ1v) is 8.28. The zero-order valence-electron chi connectivity index (χ0n) is 13.3. The van der Waals surface area contributed by atoms with Gasteiger partial charge in [0.05, 0.1) is 12.1 Å². The Morgan fingerprint density at radius 2 is 1.85 bits per heavy atom. The Hall–Kier alpha value is -0.770. The van der Waals surface area contributed by atoms with Gasteiger partial charge in [-0.05, 0) is 57.3 Å². The SMILES string of the molecule is CCNC(=NCC1(O)CCC1)NC1CC(C)CC(C)C1. The summed E-state index contributed by atoms with van der Waals surface area (Å²) >= 11 is 0. The number of aliphatic hydroxyl groups is 1. The molecule has 2 fully saturated rings. The van der Waals surface area contributed by atoms with Gasteiger partial charge in [-0.3, -0.25) is 4.99 Å². The van der Waals surface area contributed by atoms with Crippen molar-refractivity contribution in [2.24, 2.45) is 16.8 Å². The molecule has 2 rings (SSSR count). The van der Waals surface area contributed by atoms with E-state index in [-0.39, 0.29) is 0 Å². The van der Waals surface area contributed by atoms with Gasteiger partial charge >= 0.3 is 0 Å². The van der Waals surface area contributed by atoms with Crippen molar-refractivity contribution < 1.29 is 5.11 Å². The zero-order chi connectivity index (χ0) is 14.6. The van der Waals surface area contributed by atoms with E-state index >= 15 is 0 Å². The Kier molecular flexibility index (Phi) is 5.30. The standard InChI is InChI=1S/C16H31N3O/c1-4-17-15(18-11-16(20)6-5-7-16)19-14-9-12(2)8-13(3)10-14/h12-14,20H,4-11H2,1-3H3,(H2,17,18,19).